The summed E-state index contributed by atoms with van der Waals surface area (Å²) in [6, 6.07) is 24.6. The molecule has 4 nitrogen and oxygen atoms in total. The standard InChI is InChI=1S/C29H35NO3Si/c1-7-34(8-2,9-3)29-26(20-10-14-22(31-4)15-11-20)24-18-19-25(33-6)27(28(24)30-29)21-12-16-23(32-5)17-13-21/h10-19,30H,7-9H2,1-6H3. The molecule has 178 valence electrons. The van der Waals surface area contributed by atoms with Gasteiger partial charge in [-0.1, -0.05) is 63.2 Å². The van der Waals surface area contributed by atoms with Crippen molar-refractivity contribution >= 4 is 24.3 Å². The summed E-state index contributed by atoms with van der Waals surface area (Å²) in [6.07, 6.45) is 0. The van der Waals surface area contributed by atoms with E-state index in [-0.39, 0.29) is 0 Å². The largest absolute Gasteiger partial charge is 0.497 e. The van der Waals surface area contributed by atoms with Crippen LogP contribution >= 0.6 is 0 Å². The lowest BCUT2D eigenvalue weighted by Crippen LogP contribution is -2.47. The Morgan fingerprint density at radius 3 is 1.56 bits per heavy atom. The first-order valence-corrected chi connectivity index (χ1v) is 14.7. The molecule has 5 heteroatoms. The molecule has 0 aliphatic heterocycles. The maximum atomic E-state index is 5.86. The predicted octanol–water partition coefficient (Wildman–Crippen LogP) is 7.24. The highest BCUT2D eigenvalue weighted by molar-refractivity contribution is 6.92. The van der Waals surface area contributed by atoms with Crippen molar-refractivity contribution in [3.05, 3.63) is 60.7 Å². The average Bonchev–Trinajstić information content (AvgIpc) is 3.29. The zero-order chi connectivity index (χ0) is 24.3. The zero-order valence-electron chi connectivity index (χ0n) is 21.1. The summed E-state index contributed by atoms with van der Waals surface area (Å²) in [5, 5.41) is 2.67. The minimum absolute atomic E-state index is 0.843. The van der Waals surface area contributed by atoms with Gasteiger partial charge in [-0.2, -0.15) is 0 Å². The molecule has 0 atom stereocenters. The highest BCUT2D eigenvalue weighted by atomic mass is 28.3. The Labute approximate surface area is 203 Å². The second-order valence-corrected chi connectivity index (χ2v) is 13.9. The van der Waals surface area contributed by atoms with Crippen LogP contribution < -0.4 is 19.5 Å². The van der Waals surface area contributed by atoms with Gasteiger partial charge in [-0.3, -0.25) is 0 Å². The molecule has 1 heterocycles. The van der Waals surface area contributed by atoms with E-state index in [9.17, 15) is 0 Å². The van der Waals surface area contributed by atoms with Crippen LogP contribution in [-0.4, -0.2) is 34.4 Å². The number of hydrogen-bond donors (Lipinski definition) is 1. The molecule has 0 saturated heterocycles. The predicted molar refractivity (Wildman–Crippen MR) is 146 cm³/mol. The second kappa shape index (κ2) is 9.98. The van der Waals surface area contributed by atoms with Gasteiger partial charge in [0.25, 0.3) is 0 Å². The summed E-state index contributed by atoms with van der Waals surface area (Å²) >= 11 is 0. The van der Waals surface area contributed by atoms with Gasteiger partial charge >= 0.3 is 0 Å². The molecule has 4 rings (SSSR count). The number of aromatic nitrogens is 1. The Morgan fingerprint density at radius 1 is 0.618 bits per heavy atom. The van der Waals surface area contributed by atoms with E-state index in [0.29, 0.717) is 0 Å². The van der Waals surface area contributed by atoms with Crippen LogP contribution in [0.1, 0.15) is 20.8 Å². The Hall–Kier alpha value is -3.18. The van der Waals surface area contributed by atoms with Gasteiger partial charge in [-0.25, -0.2) is 0 Å². The molecule has 0 radical (unpaired) electrons. The fraction of sp³-hybridized carbons (Fsp3) is 0.310. The van der Waals surface area contributed by atoms with Gasteiger partial charge in [0.05, 0.1) is 26.8 Å². The van der Waals surface area contributed by atoms with Crippen molar-refractivity contribution in [2.75, 3.05) is 21.3 Å². The molecular formula is C29H35NO3Si. The first-order valence-electron chi connectivity index (χ1n) is 12.1. The molecule has 0 bridgehead atoms. The second-order valence-electron chi connectivity index (χ2n) is 8.74. The number of H-pyrrole nitrogens is 1. The average molecular weight is 474 g/mol. The summed E-state index contributed by atoms with van der Waals surface area (Å²) < 4.78 is 16.7. The van der Waals surface area contributed by atoms with Gasteiger partial charge in [0.1, 0.15) is 25.3 Å². The number of methoxy groups -OCH3 is 3. The fourth-order valence-electron chi connectivity index (χ4n) is 5.19. The van der Waals surface area contributed by atoms with Crippen molar-refractivity contribution in [2.45, 2.75) is 38.9 Å². The molecule has 1 N–H and O–H groups in total. The third-order valence-electron chi connectivity index (χ3n) is 7.47. The third kappa shape index (κ3) is 3.98. The molecule has 0 fully saturated rings. The lowest BCUT2D eigenvalue weighted by molar-refractivity contribution is 0.414. The summed E-state index contributed by atoms with van der Waals surface area (Å²) in [7, 11) is 3.41. The fourth-order valence-corrected chi connectivity index (χ4v) is 8.95. The smallest absolute Gasteiger partial charge is 0.128 e. The highest BCUT2D eigenvalue weighted by Crippen LogP contribution is 2.42. The topological polar surface area (TPSA) is 43.5 Å². The van der Waals surface area contributed by atoms with Crippen LogP contribution in [0, 0.1) is 0 Å². The molecule has 0 unspecified atom stereocenters. The molecule has 0 spiro atoms. The molecule has 1 aromatic heterocycles. The number of hydrogen-bond acceptors (Lipinski definition) is 3. The number of aromatic amines is 1. The summed E-state index contributed by atoms with van der Waals surface area (Å²) in [5.74, 6) is 2.58. The van der Waals surface area contributed by atoms with E-state index >= 15 is 0 Å². The number of ether oxygens (including phenoxy) is 3. The Morgan fingerprint density at radius 2 is 1.12 bits per heavy atom. The normalized spacial score (nSPS) is 11.6. The van der Waals surface area contributed by atoms with Crippen molar-refractivity contribution in [1.29, 1.82) is 0 Å². The van der Waals surface area contributed by atoms with Crippen molar-refractivity contribution in [1.82, 2.24) is 4.98 Å². The van der Waals surface area contributed by atoms with Gasteiger partial charge in [-0.15, -0.1) is 0 Å². The summed E-state index contributed by atoms with van der Waals surface area (Å²) in [6.45, 7) is 7.06. The highest BCUT2D eigenvalue weighted by Gasteiger charge is 2.35. The summed E-state index contributed by atoms with van der Waals surface area (Å²) in [5.41, 5.74) is 5.88. The minimum atomic E-state index is -1.74. The molecule has 34 heavy (non-hydrogen) atoms. The minimum Gasteiger partial charge on any atom is -0.497 e. The maximum absolute atomic E-state index is 5.86. The lowest BCUT2D eigenvalue weighted by Gasteiger charge is -2.28. The first kappa shape index (κ1) is 24.0. The number of rotatable bonds is 9. The van der Waals surface area contributed by atoms with E-state index < -0.39 is 8.07 Å². The van der Waals surface area contributed by atoms with Crippen LogP contribution in [0.15, 0.2) is 60.7 Å². The summed E-state index contributed by atoms with van der Waals surface area (Å²) in [4.78, 5) is 3.97. The SMILES string of the molecule is CC[Si](CC)(CC)c1[nH]c2c(-c3ccc(OC)cc3)c(OC)ccc2c1-c1ccc(OC)cc1. The van der Waals surface area contributed by atoms with Crippen LogP contribution in [0.4, 0.5) is 0 Å². The molecule has 0 aliphatic rings. The molecule has 0 saturated carbocycles. The lowest BCUT2D eigenvalue weighted by atomic mass is 9.98. The van der Waals surface area contributed by atoms with Crippen LogP contribution in [0.5, 0.6) is 17.2 Å². The van der Waals surface area contributed by atoms with Gasteiger partial charge in [0.15, 0.2) is 0 Å². The van der Waals surface area contributed by atoms with E-state index in [0.717, 1.165) is 33.9 Å². The van der Waals surface area contributed by atoms with Crippen LogP contribution in [-0.2, 0) is 0 Å². The van der Waals surface area contributed by atoms with Crippen molar-refractivity contribution in [2.24, 2.45) is 0 Å². The van der Waals surface area contributed by atoms with Crippen LogP contribution in [0.25, 0.3) is 33.2 Å². The van der Waals surface area contributed by atoms with Crippen molar-refractivity contribution in [3.63, 3.8) is 0 Å². The Bertz CT molecular complexity index is 1250. The Kier molecular flexibility index (Phi) is 7.03. The third-order valence-corrected chi connectivity index (χ3v) is 13.0. The van der Waals surface area contributed by atoms with Crippen LogP contribution in [0.2, 0.25) is 18.1 Å². The van der Waals surface area contributed by atoms with E-state index in [1.54, 1.807) is 21.3 Å². The number of benzene rings is 3. The van der Waals surface area contributed by atoms with Gasteiger partial charge in [0, 0.05) is 21.8 Å². The van der Waals surface area contributed by atoms with E-state index in [1.807, 2.05) is 12.1 Å². The quantitative estimate of drug-likeness (QED) is 0.261. The van der Waals surface area contributed by atoms with Gasteiger partial charge in [-0.05, 0) is 47.5 Å². The molecule has 3 aromatic carbocycles. The van der Waals surface area contributed by atoms with E-state index in [2.05, 4.69) is 74.3 Å². The van der Waals surface area contributed by atoms with Gasteiger partial charge in [0.2, 0.25) is 0 Å². The zero-order valence-corrected chi connectivity index (χ0v) is 22.1. The van der Waals surface area contributed by atoms with Gasteiger partial charge < -0.3 is 19.2 Å². The molecule has 0 amide bonds. The molecular weight excluding hydrogens is 438 g/mol. The first-order chi connectivity index (χ1) is 16.5. The molecule has 0 aliphatic carbocycles. The monoisotopic (exact) mass is 473 g/mol. The molecule has 4 aromatic rings. The number of nitrogens with one attached hydrogen (secondary N) is 1. The Balaban J connectivity index is 2.08. The van der Waals surface area contributed by atoms with Crippen LogP contribution in [0.3, 0.4) is 0 Å². The van der Waals surface area contributed by atoms with Crippen molar-refractivity contribution < 1.29 is 14.2 Å². The van der Waals surface area contributed by atoms with Crippen molar-refractivity contribution in [3.8, 4) is 39.5 Å². The maximum Gasteiger partial charge on any atom is 0.128 e. The van der Waals surface area contributed by atoms with E-state index in [4.69, 9.17) is 14.2 Å². The van der Waals surface area contributed by atoms with E-state index in [1.165, 1.54) is 40.0 Å². The number of fused-ring (bicyclic) bond motifs is 1.